The first-order chi connectivity index (χ1) is 10.7. The standard InChI is InChI=1S/C18H17N3S/c1-3-13(10-19)15-8-9-17-18(21-15)16(11-22-17)20-14-7-5-4-6-12(14)2/h3-11,19-20H,1-2H3/b13-3+,19-10?. The molecule has 0 amide bonds. The second-order valence-corrected chi connectivity index (χ2v) is 5.93. The molecule has 1 aromatic carbocycles. The van der Waals surface area contributed by atoms with Gasteiger partial charge < -0.3 is 10.7 Å². The van der Waals surface area contributed by atoms with E-state index in [-0.39, 0.29) is 0 Å². The number of aromatic nitrogens is 1. The van der Waals surface area contributed by atoms with Crippen LogP contribution in [0.15, 0.2) is 47.9 Å². The normalized spacial score (nSPS) is 11.6. The van der Waals surface area contributed by atoms with E-state index in [4.69, 9.17) is 10.4 Å². The average molecular weight is 307 g/mol. The SMILES string of the molecule is C/C=C(\C=N)c1ccc2scc(Nc3ccccc3C)c2n1. The molecule has 0 radical (unpaired) electrons. The van der Waals surface area contributed by atoms with Crippen molar-refractivity contribution in [1.82, 2.24) is 4.98 Å². The molecule has 0 aliphatic carbocycles. The van der Waals surface area contributed by atoms with E-state index < -0.39 is 0 Å². The van der Waals surface area contributed by atoms with Gasteiger partial charge in [0, 0.05) is 22.9 Å². The molecule has 3 nitrogen and oxygen atoms in total. The summed E-state index contributed by atoms with van der Waals surface area (Å²) < 4.78 is 1.14. The van der Waals surface area contributed by atoms with Gasteiger partial charge in [-0.25, -0.2) is 4.98 Å². The molecule has 0 saturated heterocycles. The van der Waals surface area contributed by atoms with Gasteiger partial charge in [-0.1, -0.05) is 24.3 Å². The minimum absolute atomic E-state index is 0.829. The van der Waals surface area contributed by atoms with Crippen molar-refractivity contribution >= 4 is 44.7 Å². The lowest BCUT2D eigenvalue weighted by atomic mass is 10.1. The molecule has 4 heteroatoms. The summed E-state index contributed by atoms with van der Waals surface area (Å²) in [6.07, 6.45) is 3.25. The van der Waals surface area contributed by atoms with Crippen LogP contribution in [0.2, 0.25) is 0 Å². The highest BCUT2D eigenvalue weighted by Crippen LogP contribution is 2.32. The number of thiophene rings is 1. The lowest BCUT2D eigenvalue weighted by molar-refractivity contribution is 1.36. The van der Waals surface area contributed by atoms with E-state index in [0.29, 0.717) is 0 Å². The number of allylic oxidation sites excluding steroid dienone is 2. The molecule has 3 aromatic rings. The van der Waals surface area contributed by atoms with Crippen LogP contribution >= 0.6 is 11.3 Å². The highest BCUT2D eigenvalue weighted by Gasteiger charge is 2.09. The van der Waals surface area contributed by atoms with Gasteiger partial charge in [-0.2, -0.15) is 0 Å². The number of aryl methyl sites for hydroxylation is 1. The number of benzene rings is 1. The topological polar surface area (TPSA) is 48.8 Å². The number of hydrogen-bond acceptors (Lipinski definition) is 4. The lowest BCUT2D eigenvalue weighted by Crippen LogP contribution is -1.94. The molecule has 0 fully saturated rings. The van der Waals surface area contributed by atoms with Crippen molar-refractivity contribution < 1.29 is 0 Å². The average Bonchev–Trinajstić information content (AvgIpc) is 2.93. The fraction of sp³-hybridized carbons (Fsp3) is 0.111. The molecule has 2 heterocycles. The molecule has 0 aliphatic heterocycles. The van der Waals surface area contributed by atoms with Crippen molar-refractivity contribution in [3.05, 3.63) is 59.1 Å². The molecule has 0 unspecified atom stereocenters. The van der Waals surface area contributed by atoms with Gasteiger partial charge in [-0.3, -0.25) is 0 Å². The highest BCUT2D eigenvalue weighted by molar-refractivity contribution is 7.17. The largest absolute Gasteiger partial charge is 0.353 e. The Morgan fingerprint density at radius 3 is 2.73 bits per heavy atom. The molecule has 0 spiro atoms. The number of anilines is 2. The van der Waals surface area contributed by atoms with E-state index >= 15 is 0 Å². The third-order valence-corrected chi connectivity index (χ3v) is 4.53. The van der Waals surface area contributed by atoms with Crippen LogP contribution in [0.3, 0.4) is 0 Å². The van der Waals surface area contributed by atoms with Crippen LogP contribution in [0, 0.1) is 12.3 Å². The van der Waals surface area contributed by atoms with E-state index in [0.717, 1.165) is 32.9 Å². The van der Waals surface area contributed by atoms with Gasteiger partial charge in [-0.15, -0.1) is 11.3 Å². The smallest absolute Gasteiger partial charge is 0.105 e. The monoisotopic (exact) mass is 307 g/mol. The summed E-state index contributed by atoms with van der Waals surface area (Å²) in [6.45, 7) is 4.01. The Morgan fingerprint density at radius 1 is 1.18 bits per heavy atom. The Morgan fingerprint density at radius 2 is 2.00 bits per heavy atom. The van der Waals surface area contributed by atoms with Crippen molar-refractivity contribution in [1.29, 1.82) is 5.41 Å². The van der Waals surface area contributed by atoms with Gasteiger partial charge in [0.1, 0.15) is 5.52 Å². The first kappa shape index (κ1) is 14.5. The third-order valence-electron chi connectivity index (χ3n) is 3.59. The van der Waals surface area contributed by atoms with Crippen LogP contribution in [-0.4, -0.2) is 11.2 Å². The molecule has 22 heavy (non-hydrogen) atoms. The van der Waals surface area contributed by atoms with E-state index in [2.05, 4.69) is 35.8 Å². The van der Waals surface area contributed by atoms with Crippen molar-refractivity contribution in [2.45, 2.75) is 13.8 Å². The second kappa shape index (κ2) is 6.12. The molecule has 0 atom stereocenters. The first-order valence-electron chi connectivity index (χ1n) is 7.11. The Bertz CT molecular complexity index is 862. The van der Waals surface area contributed by atoms with E-state index in [9.17, 15) is 0 Å². The van der Waals surface area contributed by atoms with Crippen LogP contribution in [0.5, 0.6) is 0 Å². The van der Waals surface area contributed by atoms with Gasteiger partial charge in [-0.05, 0) is 37.6 Å². The van der Waals surface area contributed by atoms with Crippen LogP contribution < -0.4 is 5.32 Å². The summed E-state index contributed by atoms with van der Waals surface area (Å²) >= 11 is 1.67. The summed E-state index contributed by atoms with van der Waals surface area (Å²) in [5.41, 5.74) is 5.91. The van der Waals surface area contributed by atoms with Gasteiger partial charge in [0.2, 0.25) is 0 Å². The summed E-state index contributed by atoms with van der Waals surface area (Å²) in [7, 11) is 0. The lowest BCUT2D eigenvalue weighted by Gasteiger charge is -2.08. The number of rotatable bonds is 4. The van der Waals surface area contributed by atoms with Crippen LogP contribution in [0.1, 0.15) is 18.2 Å². The molecule has 110 valence electrons. The van der Waals surface area contributed by atoms with E-state index in [1.807, 2.05) is 31.2 Å². The molecule has 0 saturated carbocycles. The number of para-hydroxylation sites is 1. The number of hydrogen-bond donors (Lipinski definition) is 2. The molecule has 3 rings (SSSR count). The first-order valence-corrected chi connectivity index (χ1v) is 7.99. The summed E-state index contributed by atoms with van der Waals surface area (Å²) in [6, 6.07) is 12.2. The minimum Gasteiger partial charge on any atom is -0.353 e. The zero-order chi connectivity index (χ0) is 15.5. The Kier molecular flexibility index (Phi) is 4.02. The fourth-order valence-corrected chi connectivity index (χ4v) is 3.15. The number of pyridine rings is 1. The van der Waals surface area contributed by atoms with Gasteiger partial charge in [0.25, 0.3) is 0 Å². The molecule has 0 aliphatic rings. The third kappa shape index (κ3) is 2.65. The fourth-order valence-electron chi connectivity index (χ4n) is 2.33. The van der Waals surface area contributed by atoms with Crippen molar-refractivity contribution in [2.75, 3.05) is 5.32 Å². The summed E-state index contributed by atoms with van der Waals surface area (Å²) in [5.74, 6) is 0. The van der Waals surface area contributed by atoms with Crippen LogP contribution in [0.4, 0.5) is 11.4 Å². The summed E-state index contributed by atoms with van der Waals surface area (Å²) in [4.78, 5) is 4.73. The number of nitrogens with one attached hydrogen (secondary N) is 2. The predicted molar refractivity (Wildman–Crippen MR) is 96.5 cm³/mol. The van der Waals surface area contributed by atoms with Crippen LogP contribution in [0.25, 0.3) is 15.8 Å². The van der Waals surface area contributed by atoms with Gasteiger partial charge in [0.05, 0.1) is 16.1 Å². The maximum absolute atomic E-state index is 7.48. The summed E-state index contributed by atoms with van der Waals surface area (Å²) in [5, 5.41) is 13.0. The second-order valence-electron chi connectivity index (χ2n) is 5.02. The highest BCUT2D eigenvalue weighted by atomic mass is 32.1. The maximum Gasteiger partial charge on any atom is 0.105 e. The zero-order valence-corrected chi connectivity index (χ0v) is 13.4. The molecular weight excluding hydrogens is 290 g/mol. The molecular formula is C18H17N3S. The van der Waals surface area contributed by atoms with Crippen molar-refractivity contribution in [2.24, 2.45) is 0 Å². The Labute approximate surface area is 133 Å². The van der Waals surface area contributed by atoms with Crippen molar-refractivity contribution in [3.8, 4) is 0 Å². The predicted octanol–water partition coefficient (Wildman–Crippen LogP) is 5.40. The minimum atomic E-state index is 0.829. The van der Waals surface area contributed by atoms with Gasteiger partial charge >= 0.3 is 0 Å². The zero-order valence-electron chi connectivity index (χ0n) is 12.6. The van der Waals surface area contributed by atoms with E-state index in [1.165, 1.54) is 11.8 Å². The Balaban J connectivity index is 2.05. The van der Waals surface area contributed by atoms with Crippen LogP contribution in [-0.2, 0) is 0 Å². The number of nitrogens with zero attached hydrogens (tertiary/aromatic N) is 1. The molecule has 2 N–H and O–H groups in total. The molecule has 2 aromatic heterocycles. The number of fused-ring (bicyclic) bond motifs is 1. The maximum atomic E-state index is 7.48. The van der Waals surface area contributed by atoms with Gasteiger partial charge in [0.15, 0.2) is 0 Å². The van der Waals surface area contributed by atoms with E-state index in [1.54, 1.807) is 11.3 Å². The quantitative estimate of drug-likeness (QED) is 0.634. The molecule has 0 bridgehead atoms. The van der Waals surface area contributed by atoms with Crippen molar-refractivity contribution in [3.63, 3.8) is 0 Å². The Hall–Kier alpha value is -2.46.